The van der Waals surface area contributed by atoms with Crippen LogP contribution in [0, 0.1) is 13.8 Å². The van der Waals surface area contributed by atoms with Crippen LogP contribution in [0.15, 0.2) is 41.5 Å². The molecule has 7 nitrogen and oxygen atoms in total. The largest absolute Gasteiger partial charge is 0.726 e. The smallest absolute Gasteiger partial charge is 0.217 e. The number of benzene rings is 1. The van der Waals surface area contributed by atoms with Crippen molar-refractivity contribution in [1.29, 1.82) is 0 Å². The average molecular weight is 424 g/mol. The molecule has 2 heterocycles. The molecule has 0 unspecified atom stereocenters. The van der Waals surface area contributed by atoms with Crippen LogP contribution in [0.25, 0.3) is 10.9 Å². The van der Waals surface area contributed by atoms with Gasteiger partial charge in [-0.05, 0) is 33.8 Å². The van der Waals surface area contributed by atoms with E-state index in [-0.39, 0.29) is 6.61 Å². The van der Waals surface area contributed by atoms with Crippen LogP contribution in [-0.2, 0) is 28.2 Å². The first kappa shape index (κ1) is 22.2. The number of aromatic nitrogens is 2. The molecule has 0 saturated heterocycles. The summed E-state index contributed by atoms with van der Waals surface area (Å²) < 4.78 is 36.4. The van der Waals surface area contributed by atoms with Crippen molar-refractivity contribution in [2.45, 2.75) is 34.2 Å². The van der Waals surface area contributed by atoms with Crippen LogP contribution in [0.4, 0.5) is 5.69 Å². The normalized spacial score (nSPS) is 12.1. The van der Waals surface area contributed by atoms with Crippen molar-refractivity contribution in [1.82, 2.24) is 4.57 Å². The molecule has 0 bridgehead atoms. The Bertz CT molecular complexity index is 1130. The number of rotatable bonds is 4. The minimum Gasteiger partial charge on any atom is -0.726 e. The van der Waals surface area contributed by atoms with E-state index in [2.05, 4.69) is 77.7 Å². The summed E-state index contributed by atoms with van der Waals surface area (Å²) >= 11 is 1.74. The minimum absolute atomic E-state index is 0.0914. The summed E-state index contributed by atoms with van der Waals surface area (Å²) in [5.41, 5.74) is 3.55. The molecule has 152 valence electrons. The number of fused-ring (bicyclic) bond motifs is 1. The molecule has 0 fully saturated rings. The first-order chi connectivity index (χ1) is 13.2. The summed E-state index contributed by atoms with van der Waals surface area (Å²) in [7, 11) is -2.35. The topological polar surface area (TPSA) is 87.6 Å². The van der Waals surface area contributed by atoms with Gasteiger partial charge >= 0.3 is 0 Å². The van der Waals surface area contributed by atoms with E-state index >= 15 is 0 Å². The summed E-state index contributed by atoms with van der Waals surface area (Å²) in [5, 5.41) is 1.20. The predicted octanol–water partition coefficient (Wildman–Crippen LogP) is 2.88. The Labute approximate surface area is 169 Å². The number of aryl methyl sites for hydroxylation is 2. The monoisotopic (exact) mass is 423 g/mol. The number of thiazole rings is 1. The molecule has 9 heteroatoms. The van der Waals surface area contributed by atoms with Gasteiger partial charge in [0.05, 0.1) is 17.7 Å². The molecule has 2 aromatic heterocycles. The van der Waals surface area contributed by atoms with E-state index in [1.54, 1.807) is 11.3 Å². The predicted molar refractivity (Wildman–Crippen MR) is 109 cm³/mol. The molecule has 0 aliphatic heterocycles. The molecule has 0 radical (unpaired) electrons. The van der Waals surface area contributed by atoms with Crippen LogP contribution in [0.1, 0.15) is 24.4 Å². The van der Waals surface area contributed by atoms with Gasteiger partial charge in [-0.1, -0.05) is 12.1 Å². The van der Waals surface area contributed by atoms with Crippen molar-refractivity contribution in [3.63, 3.8) is 0 Å². The maximum absolute atomic E-state index is 9.45. The highest BCUT2D eigenvalue weighted by Crippen LogP contribution is 2.23. The molecule has 3 rings (SSSR count). The minimum atomic E-state index is -4.42. The Morgan fingerprint density at radius 3 is 2.39 bits per heavy atom. The molecular weight excluding hydrogens is 398 g/mol. The molecule has 1 aromatic carbocycles. The lowest BCUT2D eigenvalue weighted by atomic mass is 10.2. The Kier molecular flexibility index (Phi) is 7.48. The summed E-state index contributed by atoms with van der Waals surface area (Å²) in [6.45, 7) is 8.74. The quantitative estimate of drug-likeness (QED) is 0.367. The lowest BCUT2D eigenvalue weighted by Crippen LogP contribution is -2.32. The molecule has 0 N–H and O–H groups in total. The van der Waals surface area contributed by atoms with Crippen molar-refractivity contribution in [2.24, 2.45) is 12.0 Å². The van der Waals surface area contributed by atoms with Gasteiger partial charge in [0.1, 0.15) is 6.54 Å². The Morgan fingerprint density at radius 2 is 1.89 bits per heavy atom. The van der Waals surface area contributed by atoms with Crippen molar-refractivity contribution >= 4 is 38.3 Å². The summed E-state index contributed by atoms with van der Waals surface area (Å²) in [6.07, 6.45) is 2.12. The van der Waals surface area contributed by atoms with E-state index in [4.69, 9.17) is 4.99 Å². The zero-order chi connectivity index (χ0) is 20.9. The Balaban J connectivity index is 0.000000345. The number of hydrogen-bond donors (Lipinski definition) is 0. The third-order valence-electron chi connectivity index (χ3n) is 4.26. The van der Waals surface area contributed by atoms with E-state index in [1.807, 2.05) is 0 Å². The molecule has 0 amide bonds. The Morgan fingerprint density at radius 1 is 1.21 bits per heavy atom. The first-order valence-corrected chi connectivity index (χ1v) is 11.0. The van der Waals surface area contributed by atoms with Gasteiger partial charge < -0.3 is 9.12 Å². The fourth-order valence-corrected chi connectivity index (χ4v) is 3.91. The van der Waals surface area contributed by atoms with E-state index in [9.17, 15) is 13.0 Å². The van der Waals surface area contributed by atoms with Gasteiger partial charge in [0.15, 0.2) is 11.0 Å². The van der Waals surface area contributed by atoms with Crippen LogP contribution < -0.4 is 9.37 Å². The molecule has 0 atom stereocenters. The lowest BCUT2D eigenvalue weighted by Gasteiger charge is -2.02. The molecule has 28 heavy (non-hydrogen) atoms. The highest BCUT2D eigenvalue weighted by Gasteiger charge is 2.10. The van der Waals surface area contributed by atoms with E-state index in [0.29, 0.717) is 0 Å². The van der Waals surface area contributed by atoms with Crippen LogP contribution in [0.2, 0.25) is 0 Å². The molecular formula is C19H25N3O4S2. The highest BCUT2D eigenvalue weighted by atomic mass is 32.3. The maximum Gasteiger partial charge on any atom is 0.217 e. The third-order valence-corrected chi connectivity index (χ3v) is 5.94. The average Bonchev–Trinajstić information content (AvgIpc) is 2.88. The van der Waals surface area contributed by atoms with E-state index in [0.717, 1.165) is 17.0 Å². The van der Waals surface area contributed by atoms with Crippen LogP contribution in [0.3, 0.4) is 0 Å². The SMILES string of the molecule is CCOS(=O)(=O)[O-].CC[n+]1ccc(N=c2sc(C)c(C)n2C)c2ccccc21. The molecule has 0 aliphatic rings. The van der Waals surface area contributed by atoms with Crippen LogP contribution >= 0.6 is 11.3 Å². The molecule has 3 aromatic rings. The van der Waals surface area contributed by atoms with Crippen LogP contribution in [0.5, 0.6) is 0 Å². The van der Waals surface area contributed by atoms with Gasteiger partial charge in [0.2, 0.25) is 15.9 Å². The lowest BCUT2D eigenvalue weighted by molar-refractivity contribution is -0.667. The molecule has 0 spiro atoms. The van der Waals surface area contributed by atoms with E-state index < -0.39 is 10.4 Å². The van der Waals surface area contributed by atoms with Crippen molar-refractivity contribution in [2.75, 3.05) is 6.61 Å². The van der Waals surface area contributed by atoms with Gasteiger partial charge in [-0.15, -0.1) is 11.3 Å². The van der Waals surface area contributed by atoms with Gasteiger partial charge in [0.25, 0.3) is 0 Å². The van der Waals surface area contributed by atoms with Gasteiger partial charge in [0, 0.05) is 29.8 Å². The zero-order valence-corrected chi connectivity index (χ0v) is 18.3. The van der Waals surface area contributed by atoms with Crippen molar-refractivity contribution in [3.05, 3.63) is 51.9 Å². The van der Waals surface area contributed by atoms with Gasteiger partial charge in [-0.2, -0.15) is 4.57 Å². The zero-order valence-electron chi connectivity index (χ0n) is 16.7. The number of hydrogen-bond acceptors (Lipinski definition) is 6. The van der Waals surface area contributed by atoms with Crippen molar-refractivity contribution in [3.8, 4) is 0 Å². The fourth-order valence-electron chi connectivity index (χ4n) is 2.65. The summed E-state index contributed by atoms with van der Waals surface area (Å²) in [5.74, 6) is 0. The second kappa shape index (κ2) is 9.42. The van der Waals surface area contributed by atoms with Crippen molar-refractivity contribution < 1.29 is 21.7 Å². The standard InChI is InChI=1S/C17H20N3S.C2H6O4S/c1-5-20-11-10-15(14-8-6-7-9-16(14)20)18-17-19(4)12(2)13(3)21-17;1-2-6-7(3,4)5/h6-11H,5H2,1-4H3;2H2,1H3,(H,3,4,5)/q+1;/p-1. The second-order valence-corrected chi connectivity index (χ2v) is 8.25. The molecule has 0 aliphatic carbocycles. The second-order valence-electron chi connectivity index (χ2n) is 6.02. The van der Waals surface area contributed by atoms with E-state index in [1.165, 1.54) is 28.4 Å². The summed E-state index contributed by atoms with van der Waals surface area (Å²) in [6, 6.07) is 10.6. The first-order valence-electron chi connectivity index (χ1n) is 8.87. The van der Waals surface area contributed by atoms with Gasteiger partial charge in [-0.25, -0.2) is 13.4 Å². The van der Waals surface area contributed by atoms with Crippen LogP contribution in [-0.4, -0.2) is 24.1 Å². The third kappa shape index (κ3) is 5.48. The maximum atomic E-state index is 9.45. The summed E-state index contributed by atoms with van der Waals surface area (Å²) in [4.78, 5) is 7.26. The molecule has 0 saturated carbocycles. The number of nitrogens with zero attached hydrogens (tertiary/aromatic N) is 3. The fraction of sp³-hybridized carbons (Fsp3) is 0.368. The van der Waals surface area contributed by atoms with Gasteiger partial charge in [-0.3, -0.25) is 4.18 Å². The Hall–Kier alpha value is -2.07. The highest BCUT2D eigenvalue weighted by molar-refractivity contribution is 7.80. The number of pyridine rings is 1. The number of para-hydroxylation sites is 1.